The SMILES string of the molecule is C[C@@H](c1ccc(C(F)(F)F)nc1)n1nc(COCc2ccccc2)c(C(N)=O)c1N.C[C@H](c1ccc(C(F)(F)F)nc1)n1nc(COCc2ccccc2)c(C(N)=O)c1N. The lowest BCUT2D eigenvalue weighted by Crippen LogP contribution is -2.17. The van der Waals surface area contributed by atoms with Gasteiger partial charge in [-0.05, 0) is 48.2 Å². The molecule has 0 bridgehead atoms. The summed E-state index contributed by atoms with van der Waals surface area (Å²) < 4.78 is 90.3. The summed E-state index contributed by atoms with van der Waals surface area (Å²) in [6.07, 6.45) is -6.86. The van der Waals surface area contributed by atoms with Gasteiger partial charge in [-0.1, -0.05) is 72.8 Å². The Bertz CT molecular complexity index is 2200. The van der Waals surface area contributed by atoms with E-state index in [1.807, 2.05) is 60.7 Å². The van der Waals surface area contributed by atoms with Crippen LogP contribution in [0.3, 0.4) is 0 Å². The van der Waals surface area contributed by atoms with Crippen molar-refractivity contribution in [2.24, 2.45) is 11.5 Å². The van der Waals surface area contributed by atoms with Crippen molar-refractivity contribution in [1.82, 2.24) is 29.5 Å². The average Bonchev–Trinajstić information content (AvgIpc) is 3.73. The molecular weight excluding hydrogens is 798 g/mol. The molecule has 2 atom stereocenters. The summed E-state index contributed by atoms with van der Waals surface area (Å²) in [6.45, 7) is 3.92. The predicted octanol–water partition coefficient (Wildman–Crippen LogP) is 6.61. The van der Waals surface area contributed by atoms with Crippen LogP contribution in [0.25, 0.3) is 0 Å². The van der Waals surface area contributed by atoms with E-state index >= 15 is 0 Å². The van der Waals surface area contributed by atoms with Crippen LogP contribution in [0, 0.1) is 0 Å². The maximum atomic E-state index is 12.7. The van der Waals surface area contributed by atoms with Crippen molar-refractivity contribution < 1.29 is 45.4 Å². The predicted molar refractivity (Wildman–Crippen MR) is 206 cm³/mol. The molecule has 0 aliphatic rings. The second-order valence-electron chi connectivity index (χ2n) is 13.3. The van der Waals surface area contributed by atoms with Crippen LogP contribution in [-0.2, 0) is 48.3 Å². The van der Waals surface area contributed by atoms with Crippen molar-refractivity contribution in [3.8, 4) is 0 Å². The zero-order valence-corrected chi connectivity index (χ0v) is 32.1. The zero-order valence-electron chi connectivity index (χ0n) is 32.1. The third-order valence-corrected chi connectivity index (χ3v) is 9.09. The van der Waals surface area contributed by atoms with Crippen LogP contribution >= 0.6 is 0 Å². The van der Waals surface area contributed by atoms with Gasteiger partial charge in [-0.3, -0.25) is 19.6 Å². The Balaban J connectivity index is 0.000000228. The monoisotopic (exact) mass is 838 g/mol. The van der Waals surface area contributed by atoms with E-state index in [1.165, 1.54) is 21.5 Å². The number of nitrogens with two attached hydrogens (primary N) is 4. The molecule has 8 N–H and O–H groups in total. The van der Waals surface area contributed by atoms with E-state index < -0.39 is 47.6 Å². The van der Waals surface area contributed by atoms with E-state index in [0.29, 0.717) is 24.3 Å². The Morgan fingerprint density at radius 3 is 1.22 bits per heavy atom. The molecule has 0 aliphatic carbocycles. The average molecular weight is 839 g/mol. The normalized spacial score (nSPS) is 12.7. The molecular formula is C40H40F6N10O4. The second kappa shape index (κ2) is 18.9. The number of carbonyl (C=O) groups excluding carboxylic acids is 2. The van der Waals surface area contributed by atoms with E-state index in [0.717, 1.165) is 35.7 Å². The summed E-state index contributed by atoms with van der Waals surface area (Å²) in [5.74, 6) is -1.52. The summed E-state index contributed by atoms with van der Waals surface area (Å²) in [7, 11) is 0. The minimum absolute atomic E-state index is 0.00760. The fourth-order valence-electron chi connectivity index (χ4n) is 5.92. The van der Waals surface area contributed by atoms with Crippen molar-refractivity contribution in [3.05, 3.63) is 153 Å². The maximum Gasteiger partial charge on any atom is 0.433 e. The number of hydrogen-bond acceptors (Lipinski definition) is 10. The number of rotatable bonds is 14. The molecule has 0 saturated carbocycles. The summed E-state index contributed by atoms with van der Waals surface area (Å²) >= 11 is 0. The van der Waals surface area contributed by atoms with Crippen LogP contribution < -0.4 is 22.9 Å². The molecule has 0 aliphatic heterocycles. The summed E-state index contributed by atoms with van der Waals surface area (Å²) in [5.41, 5.74) is 24.3. The van der Waals surface area contributed by atoms with Gasteiger partial charge in [0.25, 0.3) is 11.8 Å². The lowest BCUT2D eigenvalue weighted by Gasteiger charge is -2.15. The number of primary amides is 2. The quantitative estimate of drug-likeness (QED) is 0.0861. The van der Waals surface area contributed by atoms with Gasteiger partial charge in [-0.25, -0.2) is 9.36 Å². The minimum Gasteiger partial charge on any atom is -0.383 e. The highest BCUT2D eigenvalue weighted by Gasteiger charge is 2.34. The van der Waals surface area contributed by atoms with Gasteiger partial charge in [0.15, 0.2) is 0 Å². The molecule has 4 aromatic heterocycles. The topological polar surface area (TPSA) is 218 Å². The first-order valence-electron chi connectivity index (χ1n) is 18.0. The van der Waals surface area contributed by atoms with E-state index in [4.69, 9.17) is 32.4 Å². The molecule has 14 nitrogen and oxygen atoms in total. The van der Waals surface area contributed by atoms with Gasteiger partial charge in [-0.2, -0.15) is 36.5 Å². The lowest BCUT2D eigenvalue weighted by molar-refractivity contribution is -0.142. The first kappa shape index (κ1) is 44.3. The lowest BCUT2D eigenvalue weighted by atomic mass is 10.1. The molecule has 0 spiro atoms. The molecule has 0 unspecified atom stereocenters. The van der Waals surface area contributed by atoms with Crippen molar-refractivity contribution in [3.63, 3.8) is 0 Å². The van der Waals surface area contributed by atoms with Crippen molar-refractivity contribution >= 4 is 23.5 Å². The smallest absolute Gasteiger partial charge is 0.383 e. The molecule has 4 heterocycles. The van der Waals surface area contributed by atoms with Gasteiger partial charge >= 0.3 is 12.4 Å². The van der Waals surface area contributed by atoms with E-state index in [2.05, 4.69) is 20.2 Å². The third-order valence-electron chi connectivity index (χ3n) is 9.09. The Kier molecular flexibility index (Phi) is 13.9. The van der Waals surface area contributed by atoms with Crippen LogP contribution in [0.15, 0.2) is 97.3 Å². The van der Waals surface area contributed by atoms with Crippen LogP contribution in [0.5, 0.6) is 0 Å². The minimum atomic E-state index is -4.53. The number of nitrogens with zero attached hydrogens (tertiary/aromatic N) is 6. The third kappa shape index (κ3) is 10.8. The number of amides is 2. The van der Waals surface area contributed by atoms with Crippen LogP contribution in [-0.4, -0.2) is 41.3 Å². The van der Waals surface area contributed by atoms with Crippen molar-refractivity contribution in [1.29, 1.82) is 0 Å². The number of benzene rings is 2. The Hall–Kier alpha value is -6.80. The number of carbonyl (C=O) groups is 2. The van der Waals surface area contributed by atoms with Gasteiger partial charge in [-0.15, -0.1) is 0 Å². The molecule has 0 fully saturated rings. The molecule has 60 heavy (non-hydrogen) atoms. The number of hydrogen-bond donors (Lipinski definition) is 4. The molecule has 6 rings (SSSR count). The van der Waals surface area contributed by atoms with Crippen LogP contribution in [0.1, 0.15) is 91.7 Å². The Morgan fingerprint density at radius 1 is 0.583 bits per heavy atom. The summed E-state index contributed by atoms with van der Waals surface area (Å²) in [4.78, 5) is 30.7. The molecule has 20 heteroatoms. The fourth-order valence-corrected chi connectivity index (χ4v) is 5.92. The highest BCUT2D eigenvalue weighted by Crippen LogP contribution is 2.32. The maximum absolute atomic E-state index is 12.7. The number of anilines is 2. The number of ether oxygens (including phenoxy) is 2. The van der Waals surface area contributed by atoms with E-state index in [9.17, 15) is 35.9 Å². The first-order valence-corrected chi connectivity index (χ1v) is 18.0. The first-order chi connectivity index (χ1) is 28.4. The van der Waals surface area contributed by atoms with Gasteiger partial charge in [0.1, 0.15) is 45.5 Å². The van der Waals surface area contributed by atoms with E-state index in [-0.39, 0.29) is 47.4 Å². The van der Waals surface area contributed by atoms with Crippen LogP contribution in [0.4, 0.5) is 38.0 Å². The summed E-state index contributed by atoms with van der Waals surface area (Å²) in [5, 5.41) is 8.65. The number of pyridine rings is 2. The van der Waals surface area contributed by atoms with Gasteiger partial charge in [0, 0.05) is 12.4 Å². The molecule has 0 radical (unpaired) electrons. The molecule has 316 valence electrons. The van der Waals surface area contributed by atoms with Gasteiger partial charge in [0.05, 0.1) is 38.5 Å². The highest BCUT2D eigenvalue weighted by atomic mass is 19.4. The molecule has 2 amide bonds. The number of aromatic nitrogens is 6. The second-order valence-corrected chi connectivity index (χ2v) is 13.3. The summed E-state index contributed by atoms with van der Waals surface area (Å²) in [6, 6.07) is 22.0. The Labute approximate surface area is 339 Å². The number of nitrogen functional groups attached to an aromatic ring is 2. The zero-order chi connectivity index (χ0) is 43.8. The van der Waals surface area contributed by atoms with Crippen LogP contribution in [0.2, 0.25) is 0 Å². The molecule has 6 aromatic rings. The highest BCUT2D eigenvalue weighted by molar-refractivity contribution is 5.99. The number of alkyl halides is 6. The fraction of sp³-hybridized carbons (Fsp3) is 0.250. The van der Waals surface area contributed by atoms with E-state index in [1.54, 1.807) is 13.8 Å². The molecule has 2 aromatic carbocycles. The molecule has 0 saturated heterocycles. The number of halogens is 6. The van der Waals surface area contributed by atoms with Gasteiger partial charge < -0.3 is 32.4 Å². The van der Waals surface area contributed by atoms with Crippen molar-refractivity contribution in [2.75, 3.05) is 11.5 Å². The van der Waals surface area contributed by atoms with Gasteiger partial charge in [0.2, 0.25) is 0 Å². The Morgan fingerprint density at radius 2 is 0.933 bits per heavy atom. The standard InChI is InChI=1S/2C20H20F3N5O2/c2*1-12(14-7-8-16(26-9-14)20(21,22)23)28-18(24)17(19(25)29)15(27-28)11-30-10-13-5-3-2-4-6-13/h2*2-9,12H,10-11,24H2,1H3,(H2,25,29)/t2*12-/m10/s1. The van der Waals surface area contributed by atoms with Crippen molar-refractivity contribution in [2.45, 2.75) is 64.7 Å². The largest absolute Gasteiger partial charge is 0.433 e.